The number of nitrogens with two attached hydrogens (primary N) is 2. The van der Waals surface area contributed by atoms with Gasteiger partial charge in [-0.25, -0.2) is 0 Å². The van der Waals surface area contributed by atoms with E-state index in [0.29, 0.717) is 0 Å². The molecule has 0 aromatic heterocycles. The Labute approximate surface area is 73.6 Å². The molecule has 0 aliphatic rings. The van der Waals surface area contributed by atoms with Crippen LogP contribution < -0.4 is 11.5 Å². The van der Waals surface area contributed by atoms with Gasteiger partial charge in [0.15, 0.2) is 0 Å². The molecule has 0 amide bonds. The third-order valence-corrected chi connectivity index (χ3v) is 1.96. The maximum absolute atomic E-state index is 5.91. The minimum Gasteiger partial charge on any atom is -0.399 e. The van der Waals surface area contributed by atoms with Gasteiger partial charge in [-0.3, -0.25) is 0 Å². The van der Waals surface area contributed by atoms with Crippen LogP contribution in [0.2, 0.25) is 0 Å². The van der Waals surface area contributed by atoms with Crippen LogP contribution in [0, 0.1) is 0 Å². The Hall–Kier alpha value is -1.02. The maximum Gasteiger partial charge on any atom is 0.0314 e. The fourth-order valence-corrected chi connectivity index (χ4v) is 1.22. The third kappa shape index (κ3) is 2.24. The lowest BCUT2D eigenvalue weighted by atomic mass is 10.0. The van der Waals surface area contributed by atoms with Crippen LogP contribution in [0.5, 0.6) is 0 Å². The highest BCUT2D eigenvalue weighted by Gasteiger charge is 2.02. The van der Waals surface area contributed by atoms with Gasteiger partial charge in [-0.1, -0.05) is 25.5 Å². The average molecular weight is 164 g/mol. The van der Waals surface area contributed by atoms with Gasteiger partial charge in [0.1, 0.15) is 0 Å². The van der Waals surface area contributed by atoms with E-state index in [-0.39, 0.29) is 6.04 Å². The number of hydrogen-bond donors (Lipinski definition) is 2. The molecule has 1 atom stereocenters. The van der Waals surface area contributed by atoms with Crippen molar-refractivity contribution in [3.8, 4) is 0 Å². The van der Waals surface area contributed by atoms with E-state index >= 15 is 0 Å². The van der Waals surface area contributed by atoms with Gasteiger partial charge in [0.05, 0.1) is 0 Å². The number of rotatable bonds is 3. The van der Waals surface area contributed by atoms with Crippen molar-refractivity contribution in [3.05, 3.63) is 29.8 Å². The number of benzene rings is 1. The van der Waals surface area contributed by atoms with Crippen LogP contribution in [0.15, 0.2) is 24.3 Å². The van der Waals surface area contributed by atoms with Crippen molar-refractivity contribution < 1.29 is 0 Å². The highest BCUT2D eigenvalue weighted by atomic mass is 14.6. The quantitative estimate of drug-likeness (QED) is 0.672. The normalized spacial score (nSPS) is 12.8. The van der Waals surface area contributed by atoms with Crippen LogP contribution in [0.1, 0.15) is 31.4 Å². The Morgan fingerprint density at radius 1 is 1.25 bits per heavy atom. The molecule has 12 heavy (non-hydrogen) atoms. The van der Waals surface area contributed by atoms with Gasteiger partial charge in [0, 0.05) is 11.7 Å². The van der Waals surface area contributed by atoms with Crippen LogP contribution >= 0.6 is 0 Å². The van der Waals surface area contributed by atoms with Crippen molar-refractivity contribution in [3.63, 3.8) is 0 Å². The highest BCUT2D eigenvalue weighted by Crippen LogP contribution is 2.16. The Morgan fingerprint density at radius 2 is 1.83 bits per heavy atom. The van der Waals surface area contributed by atoms with Gasteiger partial charge < -0.3 is 11.5 Å². The summed E-state index contributed by atoms with van der Waals surface area (Å²) in [5.74, 6) is 0. The van der Waals surface area contributed by atoms with Crippen molar-refractivity contribution in [1.29, 1.82) is 0 Å². The van der Waals surface area contributed by atoms with Gasteiger partial charge in [-0.05, 0) is 24.1 Å². The van der Waals surface area contributed by atoms with Gasteiger partial charge >= 0.3 is 0 Å². The molecule has 0 saturated carbocycles. The average Bonchev–Trinajstić information content (AvgIpc) is 2.06. The molecule has 0 fully saturated rings. The second kappa shape index (κ2) is 4.12. The monoisotopic (exact) mass is 164 g/mol. The molecule has 4 N–H and O–H groups in total. The fourth-order valence-electron chi connectivity index (χ4n) is 1.22. The summed E-state index contributed by atoms with van der Waals surface area (Å²) in [6.07, 6.45) is 2.15. The molecule has 0 aliphatic heterocycles. The van der Waals surface area contributed by atoms with Gasteiger partial charge in [-0.15, -0.1) is 0 Å². The zero-order chi connectivity index (χ0) is 8.97. The van der Waals surface area contributed by atoms with Crippen molar-refractivity contribution in [1.82, 2.24) is 0 Å². The van der Waals surface area contributed by atoms with Crippen molar-refractivity contribution >= 4 is 5.69 Å². The van der Waals surface area contributed by atoms with Crippen LogP contribution in [0.4, 0.5) is 5.69 Å². The van der Waals surface area contributed by atoms with E-state index in [4.69, 9.17) is 11.5 Å². The first-order valence-corrected chi connectivity index (χ1v) is 4.35. The molecule has 0 radical (unpaired) electrons. The van der Waals surface area contributed by atoms with Gasteiger partial charge in [0.25, 0.3) is 0 Å². The molecule has 0 aliphatic carbocycles. The van der Waals surface area contributed by atoms with Crippen LogP contribution in [-0.4, -0.2) is 0 Å². The van der Waals surface area contributed by atoms with E-state index in [9.17, 15) is 0 Å². The lowest BCUT2D eigenvalue weighted by Gasteiger charge is -2.10. The van der Waals surface area contributed by atoms with Gasteiger partial charge in [-0.2, -0.15) is 0 Å². The number of nitrogen functional groups attached to an aromatic ring is 1. The molecule has 2 nitrogen and oxygen atoms in total. The molecule has 2 heteroatoms. The maximum atomic E-state index is 5.91. The molecule has 1 aromatic carbocycles. The van der Waals surface area contributed by atoms with E-state index in [2.05, 4.69) is 6.92 Å². The molecule has 0 heterocycles. The Kier molecular flexibility index (Phi) is 3.11. The number of hydrogen-bond acceptors (Lipinski definition) is 2. The fraction of sp³-hybridized carbons (Fsp3) is 0.400. The van der Waals surface area contributed by atoms with Crippen LogP contribution in [0.25, 0.3) is 0 Å². The summed E-state index contributed by atoms with van der Waals surface area (Å²) in [5.41, 5.74) is 13.4. The molecule has 1 aromatic rings. The first-order chi connectivity index (χ1) is 5.74. The smallest absolute Gasteiger partial charge is 0.0314 e. The summed E-state index contributed by atoms with van der Waals surface area (Å²) in [7, 11) is 0. The molecular formula is C10H16N2. The predicted octanol–water partition coefficient (Wildman–Crippen LogP) is 2.07. The molecule has 66 valence electrons. The highest BCUT2D eigenvalue weighted by molar-refractivity contribution is 5.39. The minimum atomic E-state index is 0.163. The molecule has 0 bridgehead atoms. The molecule has 0 spiro atoms. The van der Waals surface area contributed by atoms with Crippen molar-refractivity contribution in [2.24, 2.45) is 5.73 Å². The summed E-state index contributed by atoms with van der Waals surface area (Å²) in [5, 5.41) is 0. The molecule has 0 saturated heterocycles. The van der Waals surface area contributed by atoms with Crippen LogP contribution in [0.3, 0.4) is 0 Å². The molecule has 1 rings (SSSR count). The summed E-state index contributed by atoms with van der Waals surface area (Å²) < 4.78 is 0. The number of anilines is 1. The second-order valence-corrected chi connectivity index (χ2v) is 3.06. The summed E-state index contributed by atoms with van der Waals surface area (Å²) in [6, 6.07) is 7.94. The largest absolute Gasteiger partial charge is 0.399 e. The van der Waals surface area contributed by atoms with E-state index in [1.807, 2.05) is 24.3 Å². The van der Waals surface area contributed by atoms with Crippen molar-refractivity contribution in [2.75, 3.05) is 5.73 Å². The Balaban J connectivity index is 2.68. The predicted molar refractivity (Wildman–Crippen MR) is 52.7 cm³/mol. The Morgan fingerprint density at radius 3 is 2.33 bits per heavy atom. The SMILES string of the molecule is CCCC(N)c1ccc(N)cc1. The van der Waals surface area contributed by atoms with Crippen molar-refractivity contribution in [2.45, 2.75) is 25.8 Å². The summed E-state index contributed by atoms with van der Waals surface area (Å²) in [4.78, 5) is 0. The van der Waals surface area contributed by atoms with E-state index in [1.165, 1.54) is 5.56 Å². The second-order valence-electron chi connectivity index (χ2n) is 3.06. The lowest BCUT2D eigenvalue weighted by Crippen LogP contribution is -2.09. The zero-order valence-corrected chi connectivity index (χ0v) is 7.46. The first-order valence-electron chi connectivity index (χ1n) is 4.35. The minimum absolute atomic E-state index is 0.163. The van der Waals surface area contributed by atoms with E-state index in [1.54, 1.807) is 0 Å². The summed E-state index contributed by atoms with van der Waals surface area (Å²) in [6.45, 7) is 2.14. The standard InChI is InChI=1S/C10H16N2/c1-2-3-10(12)8-4-6-9(11)7-5-8/h4-7,10H,2-3,11-12H2,1H3. The lowest BCUT2D eigenvalue weighted by molar-refractivity contribution is 0.638. The van der Waals surface area contributed by atoms with E-state index in [0.717, 1.165) is 18.5 Å². The molecule has 1 unspecified atom stereocenters. The first kappa shape index (κ1) is 9.07. The zero-order valence-electron chi connectivity index (χ0n) is 7.46. The third-order valence-electron chi connectivity index (χ3n) is 1.96. The Bertz CT molecular complexity index is 228. The topological polar surface area (TPSA) is 52.0 Å². The summed E-state index contributed by atoms with van der Waals surface area (Å²) >= 11 is 0. The molecular weight excluding hydrogens is 148 g/mol. The van der Waals surface area contributed by atoms with Gasteiger partial charge in [0.2, 0.25) is 0 Å². The van der Waals surface area contributed by atoms with Crippen LogP contribution in [-0.2, 0) is 0 Å². The van der Waals surface area contributed by atoms with E-state index < -0.39 is 0 Å².